The molecule has 6 heteroatoms. The van der Waals surface area contributed by atoms with E-state index in [0.29, 0.717) is 25.3 Å². The summed E-state index contributed by atoms with van der Waals surface area (Å²) in [6.07, 6.45) is 1.28. The summed E-state index contributed by atoms with van der Waals surface area (Å²) in [6, 6.07) is -0.877. The lowest BCUT2D eigenvalue weighted by molar-refractivity contribution is -0.148. The van der Waals surface area contributed by atoms with E-state index in [9.17, 15) is 14.7 Å². The largest absolute Gasteiger partial charge is 0.480 e. The van der Waals surface area contributed by atoms with Crippen LogP contribution in [0.25, 0.3) is 0 Å². The standard InChI is InChI=1S/C12H22N2O4/c1-8(4-5-13)2-3-11(16)14-7-9(15)6-10(14)12(17)18/h8-10,15H,2-7,13H2,1H3,(H,17,18)/t8?,9-,10-/m0/s1. The predicted molar refractivity (Wildman–Crippen MR) is 65.8 cm³/mol. The molecule has 0 saturated carbocycles. The number of aliphatic carboxylic acids is 1. The van der Waals surface area contributed by atoms with Gasteiger partial charge in [-0.2, -0.15) is 0 Å². The highest BCUT2D eigenvalue weighted by Gasteiger charge is 2.38. The number of aliphatic hydroxyl groups is 1. The third kappa shape index (κ3) is 3.96. The molecule has 0 radical (unpaired) electrons. The van der Waals surface area contributed by atoms with Crippen molar-refractivity contribution in [2.24, 2.45) is 11.7 Å². The van der Waals surface area contributed by atoms with Crippen molar-refractivity contribution >= 4 is 11.9 Å². The Morgan fingerprint density at radius 2 is 2.11 bits per heavy atom. The second kappa shape index (κ2) is 6.70. The molecular formula is C12H22N2O4. The zero-order chi connectivity index (χ0) is 13.7. The van der Waals surface area contributed by atoms with E-state index in [4.69, 9.17) is 10.8 Å². The molecule has 4 N–H and O–H groups in total. The van der Waals surface area contributed by atoms with E-state index in [2.05, 4.69) is 0 Å². The Kier molecular flexibility index (Phi) is 5.55. The van der Waals surface area contributed by atoms with Crippen LogP contribution in [0.15, 0.2) is 0 Å². The first-order chi connectivity index (χ1) is 8.45. The molecule has 1 saturated heterocycles. The Labute approximate surface area is 107 Å². The molecule has 3 atom stereocenters. The fourth-order valence-corrected chi connectivity index (χ4v) is 2.27. The van der Waals surface area contributed by atoms with Crippen LogP contribution in [0.1, 0.15) is 32.6 Å². The van der Waals surface area contributed by atoms with Crippen LogP contribution in [-0.2, 0) is 9.59 Å². The van der Waals surface area contributed by atoms with Gasteiger partial charge in [-0.05, 0) is 25.3 Å². The molecule has 0 aromatic heterocycles. The minimum absolute atomic E-state index is 0.124. The molecule has 1 heterocycles. The zero-order valence-electron chi connectivity index (χ0n) is 10.7. The first-order valence-corrected chi connectivity index (χ1v) is 6.36. The van der Waals surface area contributed by atoms with E-state index >= 15 is 0 Å². The van der Waals surface area contributed by atoms with Gasteiger partial charge in [-0.3, -0.25) is 4.79 Å². The summed E-state index contributed by atoms with van der Waals surface area (Å²) in [5.41, 5.74) is 5.43. The van der Waals surface area contributed by atoms with Crippen molar-refractivity contribution in [3.8, 4) is 0 Å². The average Bonchev–Trinajstić information content (AvgIpc) is 2.69. The molecule has 1 aliphatic heterocycles. The Bertz CT molecular complexity index is 308. The van der Waals surface area contributed by atoms with Gasteiger partial charge in [0.2, 0.25) is 5.91 Å². The maximum atomic E-state index is 11.9. The molecule has 104 valence electrons. The smallest absolute Gasteiger partial charge is 0.326 e. The van der Waals surface area contributed by atoms with Crippen molar-refractivity contribution in [3.05, 3.63) is 0 Å². The van der Waals surface area contributed by atoms with Gasteiger partial charge in [-0.1, -0.05) is 6.92 Å². The number of carboxylic acid groups (broad SMARTS) is 1. The Morgan fingerprint density at radius 3 is 2.67 bits per heavy atom. The highest BCUT2D eigenvalue weighted by atomic mass is 16.4. The van der Waals surface area contributed by atoms with Gasteiger partial charge in [0.15, 0.2) is 0 Å². The van der Waals surface area contributed by atoms with E-state index in [1.54, 1.807) is 0 Å². The summed E-state index contributed by atoms with van der Waals surface area (Å²) in [5, 5.41) is 18.4. The molecule has 1 fully saturated rings. The van der Waals surface area contributed by atoms with Gasteiger partial charge in [0.25, 0.3) is 0 Å². The summed E-state index contributed by atoms with van der Waals surface area (Å²) in [6.45, 7) is 2.74. The lowest BCUT2D eigenvalue weighted by Gasteiger charge is -2.21. The van der Waals surface area contributed by atoms with Crippen LogP contribution >= 0.6 is 0 Å². The summed E-state index contributed by atoms with van der Waals surface area (Å²) >= 11 is 0. The van der Waals surface area contributed by atoms with Gasteiger partial charge < -0.3 is 20.8 Å². The zero-order valence-corrected chi connectivity index (χ0v) is 10.7. The molecule has 0 aromatic carbocycles. The molecule has 0 spiro atoms. The van der Waals surface area contributed by atoms with Crippen molar-refractivity contribution in [2.45, 2.75) is 44.8 Å². The number of hydrogen-bond acceptors (Lipinski definition) is 4. The van der Waals surface area contributed by atoms with Crippen LogP contribution in [0, 0.1) is 5.92 Å². The van der Waals surface area contributed by atoms with Crippen LogP contribution in [0.3, 0.4) is 0 Å². The number of carbonyl (C=O) groups is 2. The topological polar surface area (TPSA) is 104 Å². The summed E-state index contributed by atoms with van der Waals surface area (Å²) in [7, 11) is 0. The fraction of sp³-hybridized carbons (Fsp3) is 0.833. The number of likely N-dealkylation sites (tertiary alicyclic amines) is 1. The molecule has 18 heavy (non-hydrogen) atoms. The molecule has 6 nitrogen and oxygen atoms in total. The van der Waals surface area contributed by atoms with Crippen LogP contribution in [-0.4, -0.2) is 52.2 Å². The fourth-order valence-electron chi connectivity index (χ4n) is 2.27. The van der Waals surface area contributed by atoms with Crippen LogP contribution in [0.2, 0.25) is 0 Å². The second-order valence-electron chi connectivity index (χ2n) is 5.01. The molecular weight excluding hydrogens is 236 g/mol. The maximum absolute atomic E-state index is 11.9. The number of carbonyl (C=O) groups excluding carboxylic acids is 1. The molecule has 1 aliphatic rings. The number of carboxylic acids is 1. The second-order valence-corrected chi connectivity index (χ2v) is 5.01. The average molecular weight is 258 g/mol. The number of amides is 1. The van der Waals surface area contributed by atoms with Gasteiger partial charge in [0.05, 0.1) is 6.10 Å². The van der Waals surface area contributed by atoms with Gasteiger partial charge in [-0.25, -0.2) is 4.79 Å². The van der Waals surface area contributed by atoms with Crippen molar-refractivity contribution < 1.29 is 19.8 Å². The summed E-state index contributed by atoms with van der Waals surface area (Å²) in [4.78, 5) is 24.2. The monoisotopic (exact) mass is 258 g/mol. The molecule has 0 aromatic rings. The molecule has 0 aliphatic carbocycles. The SMILES string of the molecule is CC(CCN)CCC(=O)N1C[C@@H](O)C[C@H]1C(=O)O. The summed E-state index contributed by atoms with van der Waals surface area (Å²) in [5.74, 6) is -0.882. The first kappa shape index (κ1) is 14.9. The van der Waals surface area contributed by atoms with Crippen LogP contribution < -0.4 is 5.73 Å². The third-order valence-corrected chi connectivity index (χ3v) is 3.39. The number of aliphatic hydroxyl groups excluding tert-OH is 1. The predicted octanol–water partition coefficient (Wildman–Crippen LogP) is -0.202. The van der Waals surface area contributed by atoms with E-state index < -0.39 is 18.1 Å². The minimum Gasteiger partial charge on any atom is -0.480 e. The van der Waals surface area contributed by atoms with Crippen LogP contribution in [0.4, 0.5) is 0 Å². The third-order valence-electron chi connectivity index (χ3n) is 3.39. The van der Waals surface area contributed by atoms with E-state index in [1.165, 1.54) is 4.90 Å². The minimum atomic E-state index is -1.05. The van der Waals surface area contributed by atoms with Gasteiger partial charge >= 0.3 is 5.97 Å². The molecule has 1 rings (SSSR count). The molecule has 1 unspecified atom stereocenters. The normalized spacial score (nSPS) is 25.2. The van der Waals surface area contributed by atoms with Gasteiger partial charge in [0, 0.05) is 19.4 Å². The highest BCUT2D eigenvalue weighted by molar-refractivity contribution is 5.84. The number of β-amino-alcohol motifs (C(OH)–C–C–N with tert-alkyl or cyclic N) is 1. The van der Waals surface area contributed by atoms with E-state index in [-0.39, 0.29) is 18.9 Å². The number of nitrogens with two attached hydrogens (primary N) is 1. The molecule has 1 amide bonds. The Balaban J connectivity index is 2.47. The first-order valence-electron chi connectivity index (χ1n) is 6.36. The quantitative estimate of drug-likeness (QED) is 0.612. The lowest BCUT2D eigenvalue weighted by atomic mass is 10.0. The number of hydrogen-bond donors (Lipinski definition) is 3. The van der Waals surface area contributed by atoms with Gasteiger partial charge in [-0.15, -0.1) is 0 Å². The number of rotatable bonds is 6. The van der Waals surface area contributed by atoms with Crippen molar-refractivity contribution in [2.75, 3.05) is 13.1 Å². The lowest BCUT2D eigenvalue weighted by Crippen LogP contribution is -2.40. The Morgan fingerprint density at radius 1 is 1.44 bits per heavy atom. The van der Waals surface area contributed by atoms with E-state index in [1.807, 2.05) is 6.92 Å². The van der Waals surface area contributed by atoms with Crippen LogP contribution in [0.5, 0.6) is 0 Å². The van der Waals surface area contributed by atoms with E-state index in [0.717, 1.165) is 6.42 Å². The van der Waals surface area contributed by atoms with Crippen molar-refractivity contribution in [1.82, 2.24) is 4.90 Å². The Hall–Kier alpha value is -1.14. The summed E-state index contributed by atoms with van der Waals surface area (Å²) < 4.78 is 0. The maximum Gasteiger partial charge on any atom is 0.326 e. The van der Waals surface area contributed by atoms with Crippen molar-refractivity contribution in [1.29, 1.82) is 0 Å². The van der Waals surface area contributed by atoms with Gasteiger partial charge in [0.1, 0.15) is 6.04 Å². The van der Waals surface area contributed by atoms with Crippen molar-refractivity contribution in [3.63, 3.8) is 0 Å². The molecule has 0 bridgehead atoms. The highest BCUT2D eigenvalue weighted by Crippen LogP contribution is 2.20. The number of nitrogens with zero attached hydrogens (tertiary/aromatic N) is 1.